The van der Waals surface area contributed by atoms with Gasteiger partial charge in [-0.3, -0.25) is 9.48 Å². The van der Waals surface area contributed by atoms with E-state index < -0.39 is 0 Å². The first-order valence-electron chi connectivity index (χ1n) is 8.80. The first-order valence-corrected chi connectivity index (χ1v) is 8.80. The molecule has 2 unspecified atom stereocenters. The van der Waals surface area contributed by atoms with Gasteiger partial charge in [0.15, 0.2) is 0 Å². The Morgan fingerprint density at radius 3 is 2.85 bits per heavy atom. The number of nitrogens with one attached hydrogen (secondary N) is 1. The highest BCUT2D eigenvalue weighted by molar-refractivity contribution is 6.06. The molecule has 2 aliphatic heterocycles. The predicted molar refractivity (Wildman–Crippen MR) is 95.4 cm³/mol. The Morgan fingerprint density at radius 1 is 1.35 bits per heavy atom. The summed E-state index contributed by atoms with van der Waals surface area (Å²) in [5, 5.41) is 7.28. The molecule has 7 nitrogen and oxygen atoms in total. The third-order valence-corrected chi connectivity index (χ3v) is 5.59. The van der Waals surface area contributed by atoms with Gasteiger partial charge in [-0.2, -0.15) is 5.10 Å². The van der Waals surface area contributed by atoms with Gasteiger partial charge in [0.25, 0.3) is 0 Å². The second-order valence-corrected chi connectivity index (χ2v) is 7.16. The lowest BCUT2D eigenvalue weighted by molar-refractivity contribution is -0.122. The van der Waals surface area contributed by atoms with E-state index in [0.29, 0.717) is 37.3 Å². The maximum atomic E-state index is 12.5. The van der Waals surface area contributed by atoms with Crippen LogP contribution >= 0.6 is 0 Å². The van der Waals surface area contributed by atoms with Crippen LogP contribution in [0.4, 0.5) is 5.69 Å². The molecule has 2 aromatic rings. The number of methoxy groups -OCH3 is 1. The van der Waals surface area contributed by atoms with Gasteiger partial charge in [0.1, 0.15) is 11.6 Å². The summed E-state index contributed by atoms with van der Waals surface area (Å²) in [7, 11) is 3.54. The average molecular weight is 352 g/mol. The van der Waals surface area contributed by atoms with E-state index >= 15 is 0 Å². The summed E-state index contributed by atoms with van der Waals surface area (Å²) in [6, 6.07) is 3.94. The number of amides is 1. The minimum atomic E-state index is 0.0664. The standard InChI is InChI=1S/C19H20N4O3/c1-23-7-10(6-20-23)11-3-4-15(25-2)12-5-16(21-18(11)12)22-19(24)17-13-8-26-9-14(13)17/h3-4,6-7,13-14,17H,5,8-9H2,1-2H3,(H,21,22,24). The number of benzene rings is 1. The Kier molecular flexibility index (Phi) is 3.40. The largest absolute Gasteiger partial charge is 0.496 e. The fourth-order valence-electron chi connectivity index (χ4n) is 4.17. The first kappa shape index (κ1) is 15.6. The normalized spacial score (nSPS) is 25.5. The van der Waals surface area contributed by atoms with E-state index in [4.69, 9.17) is 14.5 Å². The number of carbonyl (C=O) groups is 1. The van der Waals surface area contributed by atoms with E-state index in [1.807, 2.05) is 31.6 Å². The van der Waals surface area contributed by atoms with Gasteiger partial charge in [-0.1, -0.05) is 0 Å². The molecule has 134 valence electrons. The zero-order chi connectivity index (χ0) is 17.8. The van der Waals surface area contributed by atoms with Crippen LogP contribution in [-0.4, -0.2) is 41.8 Å². The zero-order valence-corrected chi connectivity index (χ0v) is 14.7. The Bertz CT molecular complexity index is 923. The van der Waals surface area contributed by atoms with Crippen molar-refractivity contribution in [3.63, 3.8) is 0 Å². The van der Waals surface area contributed by atoms with Gasteiger partial charge in [0, 0.05) is 42.3 Å². The van der Waals surface area contributed by atoms with Gasteiger partial charge < -0.3 is 14.8 Å². The summed E-state index contributed by atoms with van der Waals surface area (Å²) in [5.74, 6) is 2.40. The molecule has 0 bridgehead atoms. The van der Waals surface area contributed by atoms with E-state index in [2.05, 4.69) is 10.4 Å². The van der Waals surface area contributed by atoms with Crippen LogP contribution in [0.1, 0.15) is 5.56 Å². The highest BCUT2D eigenvalue weighted by Gasteiger charge is 2.58. The van der Waals surface area contributed by atoms with E-state index in [1.54, 1.807) is 11.8 Å². The SMILES string of the molecule is COc1ccc(-c2cnn(C)c2)c2c1CC(NC(=O)C1C3COCC31)=N2. The van der Waals surface area contributed by atoms with Crippen LogP contribution in [0.5, 0.6) is 5.75 Å². The minimum Gasteiger partial charge on any atom is -0.496 e. The van der Waals surface area contributed by atoms with Crippen molar-refractivity contribution in [1.29, 1.82) is 0 Å². The molecule has 26 heavy (non-hydrogen) atoms. The Hall–Kier alpha value is -2.67. The highest BCUT2D eigenvalue weighted by atomic mass is 16.5. The second kappa shape index (κ2) is 5.67. The van der Waals surface area contributed by atoms with Crippen LogP contribution in [-0.2, 0) is 23.0 Å². The van der Waals surface area contributed by atoms with Gasteiger partial charge in [-0.15, -0.1) is 0 Å². The van der Waals surface area contributed by atoms with Crippen molar-refractivity contribution in [3.05, 3.63) is 30.1 Å². The first-order chi connectivity index (χ1) is 12.7. The zero-order valence-electron chi connectivity index (χ0n) is 14.7. The molecule has 1 N–H and O–H groups in total. The quantitative estimate of drug-likeness (QED) is 0.912. The molecule has 2 atom stereocenters. The molecule has 1 aliphatic carbocycles. The smallest absolute Gasteiger partial charge is 0.229 e. The number of carbonyl (C=O) groups excluding carboxylic acids is 1. The molecule has 1 saturated carbocycles. The number of aryl methyl sites for hydroxylation is 1. The van der Waals surface area contributed by atoms with Crippen molar-refractivity contribution in [1.82, 2.24) is 15.1 Å². The third kappa shape index (κ3) is 2.34. The fraction of sp³-hybridized carbons (Fsp3) is 0.421. The molecular weight excluding hydrogens is 332 g/mol. The van der Waals surface area contributed by atoms with E-state index in [-0.39, 0.29) is 11.8 Å². The highest BCUT2D eigenvalue weighted by Crippen LogP contribution is 2.51. The maximum Gasteiger partial charge on any atom is 0.229 e. The Balaban J connectivity index is 1.43. The van der Waals surface area contributed by atoms with Crippen LogP contribution in [0.3, 0.4) is 0 Å². The molecule has 5 rings (SSSR count). The predicted octanol–water partition coefficient (Wildman–Crippen LogP) is 1.69. The summed E-state index contributed by atoms with van der Waals surface area (Å²) >= 11 is 0. The number of ether oxygens (including phenoxy) is 2. The van der Waals surface area contributed by atoms with Crippen LogP contribution < -0.4 is 10.1 Å². The van der Waals surface area contributed by atoms with Crippen molar-refractivity contribution < 1.29 is 14.3 Å². The molecule has 2 fully saturated rings. The number of amidine groups is 1. The van der Waals surface area contributed by atoms with E-state index in [0.717, 1.165) is 28.1 Å². The van der Waals surface area contributed by atoms with E-state index in [1.165, 1.54) is 0 Å². The number of hydrogen-bond donors (Lipinski definition) is 1. The number of rotatable bonds is 3. The lowest BCUT2D eigenvalue weighted by atomic mass is 10.0. The molecule has 3 aliphatic rings. The molecular formula is C19H20N4O3. The molecule has 1 amide bonds. The van der Waals surface area contributed by atoms with Crippen LogP contribution in [0.15, 0.2) is 29.5 Å². The number of aromatic nitrogens is 2. The van der Waals surface area contributed by atoms with Gasteiger partial charge >= 0.3 is 0 Å². The minimum absolute atomic E-state index is 0.0664. The monoisotopic (exact) mass is 352 g/mol. The summed E-state index contributed by atoms with van der Waals surface area (Å²) in [6.45, 7) is 1.41. The van der Waals surface area contributed by atoms with Crippen LogP contribution in [0, 0.1) is 17.8 Å². The molecule has 3 heterocycles. The van der Waals surface area contributed by atoms with Gasteiger partial charge in [-0.25, -0.2) is 4.99 Å². The summed E-state index contributed by atoms with van der Waals surface area (Å²) < 4.78 is 12.6. The molecule has 1 saturated heterocycles. The number of aliphatic imine (C=N–C) groups is 1. The summed E-state index contributed by atoms with van der Waals surface area (Å²) in [4.78, 5) is 17.3. The van der Waals surface area contributed by atoms with Crippen molar-refractivity contribution in [2.45, 2.75) is 6.42 Å². The topological polar surface area (TPSA) is 77.7 Å². The van der Waals surface area contributed by atoms with Gasteiger partial charge in [0.2, 0.25) is 5.91 Å². The Morgan fingerprint density at radius 2 is 2.15 bits per heavy atom. The number of nitrogens with zero attached hydrogens (tertiary/aromatic N) is 3. The lowest BCUT2D eigenvalue weighted by Crippen LogP contribution is -2.33. The number of hydrogen-bond acceptors (Lipinski definition) is 5. The second-order valence-electron chi connectivity index (χ2n) is 7.16. The summed E-state index contributed by atoms with van der Waals surface area (Å²) in [6.07, 6.45) is 4.34. The lowest BCUT2D eigenvalue weighted by Gasteiger charge is -2.09. The Labute approximate surface area is 151 Å². The van der Waals surface area contributed by atoms with Crippen LogP contribution in [0.25, 0.3) is 11.1 Å². The molecule has 0 spiro atoms. The van der Waals surface area contributed by atoms with Crippen molar-refractivity contribution in [2.75, 3.05) is 20.3 Å². The van der Waals surface area contributed by atoms with Crippen molar-refractivity contribution in [2.24, 2.45) is 29.8 Å². The van der Waals surface area contributed by atoms with Crippen molar-refractivity contribution >= 4 is 17.4 Å². The summed E-state index contributed by atoms with van der Waals surface area (Å²) in [5.41, 5.74) is 3.85. The van der Waals surface area contributed by atoms with Crippen LogP contribution in [0.2, 0.25) is 0 Å². The molecule has 7 heteroatoms. The van der Waals surface area contributed by atoms with E-state index in [9.17, 15) is 4.79 Å². The molecule has 0 radical (unpaired) electrons. The molecule has 1 aromatic carbocycles. The maximum absolute atomic E-state index is 12.5. The van der Waals surface area contributed by atoms with Gasteiger partial charge in [0.05, 0.1) is 32.2 Å². The fourth-order valence-corrected chi connectivity index (χ4v) is 4.17. The third-order valence-electron chi connectivity index (χ3n) is 5.59. The number of fused-ring (bicyclic) bond motifs is 2. The molecule has 1 aromatic heterocycles. The van der Waals surface area contributed by atoms with Crippen molar-refractivity contribution in [3.8, 4) is 16.9 Å². The van der Waals surface area contributed by atoms with Gasteiger partial charge in [-0.05, 0) is 24.0 Å². The average Bonchev–Trinajstić information content (AvgIpc) is 3.06.